The zero-order chi connectivity index (χ0) is 71.3. The van der Waals surface area contributed by atoms with Crippen LogP contribution in [-0.2, 0) is 68.7 Å². The maximum atomic E-state index is 14.8. The number of aromatic nitrogens is 2. The molecule has 34 nitrogen and oxygen atoms in total. The number of H-pyrrole nitrogens is 1. The number of nitrogens with zero attached hydrogens (tertiary/aromatic N) is 4. The first-order valence-corrected chi connectivity index (χ1v) is 33.5. The number of aromatic amines is 1. The average Bonchev–Trinajstić information content (AvgIpc) is 1.60. The van der Waals surface area contributed by atoms with Crippen molar-refractivity contribution >= 4 is 76.9 Å². The lowest BCUT2D eigenvalue weighted by atomic mass is 9.96. The molecule has 3 fully saturated rings. The van der Waals surface area contributed by atoms with Crippen molar-refractivity contribution in [1.29, 1.82) is 0 Å². The van der Waals surface area contributed by atoms with Crippen LogP contribution in [0.2, 0.25) is 0 Å². The van der Waals surface area contributed by atoms with Crippen LogP contribution >= 0.6 is 0 Å². The number of carboxylic acids is 1. The van der Waals surface area contributed by atoms with Gasteiger partial charge in [-0.3, -0.25) is 62.3 Å². The van der Waals surface area contributed by atoms with Crippen molar-refractivity contribution in [3.8, 4) is 0 Å². The number of nitrogens with one attached hydrogen (secondary N) is 10. The summed E-state index contributed by atoms with van der Waals surface area (Å²) in [4.78, 5) is 190. The van der Waals surface area contributed by atoms with E-state index in [1.54, 1.807) is 27.7 Å². The highest BCUT2D eigenvalue weighted by molar-refractivity contribution is 6.00. The molecule has 0 bridgehead atoms. The quantitative estimate of drug-likeness (QED) is 0.0272. The molecule has 14 atom stereocenters. The molecule has 96 heavy (non-hydrogen) atoms. The molecule has 0 spiro atoms. The van der Waals surface area contributed by atoms with Crippen LogP contribution in [0.4, 0.5) is 0 Å². The van der Waals surface area contributed by atoms with Crippen molar-refractivity contribution in [1.82, 2.24) is 72.5 Å². The number of nitrogens with two attached hydrogens (primary N) is 3. The highest BCUT2D eigenvalue weighted by Gasteiger charge is 2.45. The second-order valence-corrected chi connectivity index (χ2v) is 25.4. The van der Waals surface area contributed by atoms with Gasteiger partial charge in [0.25, 0.3) is 0 Å². The number of unbranched alkanes of at least 4 members (excludes halogenated alkanes) is 2. The van der Waals surface area contributed by atoms with E-state index in [0.717, 1.165) is 0 Å². The van der Waals surface area contributed by atoms with Crippen LogP contribution in [0.3, 0.4) is 0 Å². The molecule has 3 saturated heterocycles. The van der Waals surface area contributed by atoms with Crippen molar-refractivity contribution < 1.29 is 82.8 Å². The number of carbonyl (C=O) groups is 13. The summed E-state index contributed by atoms with van der Waals surface area (Å²) < 4.78 is 0. The number of aliphatic hydroxyl groups is 3. The van der Waals surface area contributed by atoms with E-state index in [9.17, 15) is 77.6 Å². The molecule has 0 radical (unpaired) electrons. The fraction of sp³-hybridized carbons (Fsp3) is 0.742. The van der Waals surface area contributed by atoms with Gasteiger partial charge in [-0.2, -0.15) is 0 Å². The van der Waals surface area contributed by atoms with E-state index in [4.69, 9.17) is 22.3 Å². The zero-order valence-corrected chi connectivity index (χ0v) is 56.1. The highest BCUT2D eigenvalue weighted by atomic mass is 16.4. The Morgan fingerprint density at radius 3 is 1.36 bits per heavy atom. The number of carbonyl (C=O) groups excluding carboxylic acids is 12. The van der Waals surface area contributed by atoms with Crippen molar-refractivity contribution in [2.24, 2.45) is 35.0 Å². The Balaban J connectivity index is 1.51. The van der Waals surface area contributed by atoms with Gasteiger partial charge in [-0.25, -0.2) is 4.98 Å². The van der Waals surface area contributed by atoms with Gasteiger partial charge in [0.05, 0.1) is 32.2 Å². The fourth-order valence-electron chi connectivity index (χ4n) is 11.8. The third-order valence-electron chi connectivity index (χ3n) is 17.7. The van der Waals surface area contributed by atoms with Crippen LogP contribution in [-0.4, -0.2) is 254 Å². The Morgan fingerprint density at radius 2 is 0.927 bits per heavy atom. The van der Waals surface area contributed by atoms with Gasteiger partial charge in [-0.05, 0) is 114 Å². The van der Waals surface area contributed by atoms with Gasteiger partial charge in [-0.15, -0.1) is 0 Å². The number of rotatable bonds is 41. The van der Waals surface area contributed by atoms with Gasteiger partial charge in [0, 0.05) is 37.9 Å². The van der Waals surface area contributed by atoms with Crippen LogP contribution in [0.5, 0.6) is 0 Å². The summed E-state index contributed by atoms with van der Waals surface area (Å²) in [5, 5.41) is 62.4. The largest absolute Gasteiger partial charge is 0.480 e. The minimum absolute atomic E-state index is 0.0328. The van der Waals surface area contributed by atoms with E-state index in [1.807, 2.05) is 13.8 Å². The molecule has 3 aliphatic rings. The van der Waals surface area contributed by atoms with Crippen molar-refractivity contribution in [3.05, 3.63) is 18.2 Å². The number of aliphatic carboxylic acids is 1. The van der Waals surface area contributed by atoms with Gasteiger partial charge in [-0.1, -0.05) is 54.4 Å². The molecular weight excluding hydrogens is 1250 g/mol. The molecule has 20 N–H and O–H groups in total. The Kier molecular flexibility index (Phi) is 34.0. The highest BCUT2D eigenvalue weighted by Crippen LogP contribution is 2.26. The number of likely N-dealkylation sites (tertiary alicyclic amines) is 3. The minimum atomic E-state index is -1.72. The predicted octanol–water partition coefficient (Wildman–Crippen LogP) is -5.30. The van der Waals surface area contributed by atoms with E-state index in [0.29, 0.717) is 76.4 Å². The third-order valence-corrected chi connectivity index (χ3v) is 17.7. The summed E-state index contributed by atoms with van der Waals surface area (Å²) in [5.74, 6) is -11.8. The molecule has 4 rings (SSSR count). The smallest absolute Gasteiger partial charge is 0.322 e. The molecule has 34 heteroatoms. The predicted molar refractivity (Wildman–Crippen MR) is 346 cm³/mol. The average molecular weight is 1360 g/mol. The Hall–Kier alpha value is -7.92. The number of hydrogen-bond acceptors (Lipinski definition) is 20. The summed E-state index contributed by atoms with van der Waals surface area (Å²) in [6.45, 7) is 7.83. The molecule has 540 valence electrons. The van der Waals surface area contributed by atoms with Crippen LogP contribution in [0.1, 0.15) is 144 Å². The SMILES string of the molecule is CC[C@H](C)[C@H](NC(=O)[C@H](CO)NC(=O)[C@H](CO)NC(=O)[C@@H]1CCCN1C(=O)[C@@H](NC(=O)[C@H](Cc1cnc[nH]1)NC(=O)[C@@H]1CCCN1C(=O)[C@H](CCCCN)NC(=O)[C@@H]1CCCN1C(=O)[C@H](CCCCN)NC(=O)[C@H](CO)NC(=O)[C@@H](N)CC(C)C)[C@@H](C)CC)C(=O)NCC(=O)O. The van der Waals surface area contributed by atoms with Crippen LogP contribution in [0, 0.1) is 17.8 Å². The first-order chi connectivity index (χ1) is 45.7. The Labute approximate surface area is 559 Å². The van der Waals surface area contributed by atoms with E-state index in [-0.39, 0.29) is 70.6 Å². The number of carboxylic acid groups (broad SMARTS) is 1. The molecular formula is C62H105N17O17. The Morgan fingerprint density at radius 1 is 0.531 bits per heavy atom. The Bertz CT molecular complexity index is 2780. The standard InChI is InChI=1S/C62H105N17O17/c1-7-35(5)49(59(93)67-29-48(83)84)75-55(89)44(32-82)73-54(88)43(31-81)74-58(92)47-20-15-25-79(47)62(96)50(36(6)8-2)76-52(86)41(27-37-28-66-33-68-37)71-57(91)46-19-14-24-78(46)61(95)40(17-10-12-22-64)70-56(90)45-18-13-23-77(45)60(94)39(16-9-11-21-63)69-53(87)42(30-80)72-51(85)38(65)26-34(3)4/h28,33-36,38-47,49-50,80-82H,7-27,29-32,63-65H2,1-6H3,(H,66,68)(H,67,93)(H,69,87)(H,70,90)(H,71,91)(H,72,85)(H,73,88)(H,74,92)(H,75,89)(H,76,86)(H,83,84)/t35-,36-,38-,39-,40-,41-,42-,43-,44-,45-,46-,47-,49-,50-/m0/s1. The lowest BCUT2D eigenvalue weighted by molar-refractivity contribution is -0.145. The molecule has 0 aliphatic carbocycles. The zero-order valence-electron chi connectivity index (χ0n) is 56.1. The van der Waals surface area contributed by atoms with Gasteiger partial charge in [0.15, 0.2) is 0 Å². The normalized spacial score (nSPS) is 19.6. The number of amides is 12. The molecule has 0 saturated carbocycles. The van der Waals surface area contributed by atoms with E-state index in [2.05, 4.69) is 57.8 Å². The second-order valence-electron chi connectivity index (χ2n) is 25.4. The van der Waals surface area contributed by atoms with Crippen LogP contribution < -0.4 is 65.1 Å². The van der Waals surface area contributed by atoms with Gasteiger partial charge < -0.3 is 105 Å². The molecule has 1 aromatic heterocycles. The number of aliphatic hydroxyl groups excluding tert-OH is 3. The van der Waals surface area contributed by atoms with E-state index < -0.39 is 188 Å². The molecule has 3 aliphatic heterocycles. The molecule has 0 unspecified atom stereocenters. The number of imidazole rings is 1. The summed E-state index contributed by atoms with van der Waals surface area (Å²) >= 11 is 0. The summed E-state index contributed by atoms with van der Waals surface area (Å²) in [5.41, 5.74) is 18.1. The van der Waals surface area contributed by atoms with Crippen molar-refractivity contribution in [2.75, 3.05) is 59.1 Å². The maximum Gasteiger partial charge on any atom is 0.322 e. The topological polar surface area (TPSA) is 528 Å². The van der Waals surface area contributed by atoms with Gasteiger partial charge in [0.1, 0.15) is 73.0 Å². The summed E-state index contributed by atoms with van der Waals surface area (Å²) in [6, 6.07) is -15.6. The summed E-state index contributed by atoms with van der Waals surface area (Å²) in [6.07, 6.45) is 7.12. The van der Waals surface area contributed by atoms with E-state index >= 15 is 0 Å². The lowest BCUT2D eigenvalue weighted by Gasteiger charge is -2.33. The van der Waals surface area contributed by atoms with E-state index in [1.165, 1.54) is 27.2 Å². The fourth-order valence-corrected chi connectivity index (χ4v) is 11.8. The molecule has 4 heterocycles. The minimum Gasteiger partial charge on any atom is -0.480 e. The monoisotopic (exact) mass is 1360 g/mol. The van der Waals surface area contributed by atoms with Crippen molar-refractivity contribution in [2.45, 2.75) is 217 Å². The molecule has 12 amide bonds. The van der Waals surface area contributed by atoms with Crippen molar-refractivity contribution in [3.63, 3.8) is 0 Å². The third kappa shape index (κ3) is 23.7. The second kappa shape index (κ2) is 40.6. The first kappa shape index (κ1) is 80.5. The number of hydrogen-bond donors (Lipinski definition) is 17. The molecule has 1 aromatic rings. The molecule has 0 aromatic carbocycles. The van der Waals surface area contributed by atoms with Crippen LogP contribution in [0.25, 0.3) is 0 Å². The maximum absolute atomic E-state index is 14.8. The first-order valence-electron chi connectivity index (χ1n) is 33.5. The van der Waals surface area contributed by atoms with Gasteiger partial charge in [0.2, 0.25) is 70.9 Å². The van der Waals surface area contributed by atoms with Gasteiger partial charge >= 0.3 is 5.97 Å². The summed E-state index contributed by atoms with van der Waals surface area (Å²) in [7, 11) is 0. The lowest BCUT2D eigenvalue weighted by Crippen LogP contribution is -2.62. The van der Waals surface area contributed by atoms with Crippen LogP contribution in [0.15, 0.2) is 12.5 Å².